The second kappa shape index (κ2) is 14.0. The first-order valence-electron chi connectivity index (χ1n) is 13.1. The standard InChI is InChI=1S/C27H34N4O5.C2H7N/c1-19-13-21-14-24(34-3)25(35-4)15-23(21)26(29-31(19)17-32)20-5-7-22(8-6-20)30-11-9-27(28-2,10-12-30)16-36-18-33;1-3-2/h5-8,14-15,17-19,28H,9-13,16H2,1-4H3;3H,1-2H3. The Morgan fingerprint density at radius 3 is 2.18 bits per heavy atom. The summed E-state index contributed by atoms with van der Waals surface area (Å²) in [5.74, 6) is 1.27. The maximum Gasteiger partial charge on any atom is 0.293 e. The molecule has 2 aromatic rings. The fourth-order valence-electron chi connectivity index (χ4n) is 5.01. The van der Waals surface area contributed by atoms with Crippen molar-refractivity contribution in [1.82, 2.24) is 15.6 Å². The number of nitrogens with one attached hydrogen (secondary N) is 2. The van der Waals surface area contributed by atoms with Crippen molar-refractivity contribution in [3.63, 3.8) is 0 Å². The fourth-order valence-corrected chi connectivity index (χ4v) is 5.01. The zero-order valence-electron chi connectivity index (χ0n) is 23.8. The van der Waals surface area contributed by atoms with Gasteiger partial charge in [0.1, 0.15) is 6.61 Å². The van der Waals surface area contributed by atoms with Crippen LogP contribution in [-0.4, -0.2) is 90.2 Å². The van der Waals surface area contributed by atoms with Gasteiger partial charge in [-0.05, 0) is 77.2 Å². The molecular weight excluding hydrogens is 498 g/mol. The van der Waals surface area contributed by atoms with Gasteiger partial charge in [-0.2, -0.15) is 5.10 Å². The van der Waals surface area contributed by atoms with Gasteiger partial charge < -0.3 is 29.7 Å². The van der Waals surface area contributed by atoms with E-state index in [1.165, 1.54) is 5.01 Å². The van der Waals surface area contributed by atoms with Crippen LogP contribution in [0.4, 0.5) is 5.69 Å². The number of ether oxygens (including phenoxy) is 3. The highest BCUT2D eigenvalue weighted by Crippen LogP contribution is 2.35. The molecule has 1 amide bonds. The Morgan fingerprint density at radius 2 is 1.64 bits per heavy atom. The first kappa shape index (κ1) is 29.9. The quantitative estimate of drug-likeness (QED) is 0.469. The number of carbonyl (C=O) groups excluding carboxylic acids is 2. The monoisotopic (exact) mass is 539 g/mol. The Labute approximate surface area is 231 Å². The van der Waals surface area contributed by atoms with Crippen LogP contribution in [0.3, 0.4) is 0 Å². The minimum Gasteiger partial charge on any atom is -0.493 e. The number of rotatable bonds is 9. The number of likely N-dealkylation sites (N-methyl/N-ethyl adjacent to an activating group) is 1. The van der Waals surface area contributed by atoms with Gasteiger partial charge in [0.15, 0.2) is 11.5 Å². The molecule has 2 N–H and O–H groups in total. The molecule has 212 valence electrons. The molecule has 2 aliphatic heterocycles. The van der Waals surface area contributed by atoms with E-state index in [2.05, 4.69) is 27.7 Å². The second-order valence-corrected chi connectivity index (χ2v) is 9.82. The number of piperidine rings is 1. The van der Waals surface area contributed by atoms with Crippen LogP contribution in [0.2, 0.25) is 0 Å². The van der Waals surface area contributed by atoms with Gasteiger partial charge in [-0.1, -0.05) is 12.1 Å². The normalized spacial score (nSPS) is 18.0. The van der Waals surface area contributed by atoms with E-state index in [9.17, 15) is 9.59 Å². The van der Waals surface area contributed by atoms with Gasteiger partial charge in [0.2, 0.25) is 6.41 Å². The summed E-state index contributed by atoms with van der Waals surface area (Å²) in [6.45, 7) is 4.56. The number of anilines is 1. The highest BCUT2D eigenvalue weighted by Gasteiger charge is 2.34. The largest absolute Gasteiger partial charge is 0.493 e. The van der Waals surface area contributed by atoms with Crippen LogP contribution in [0.1, 0.15) is 36.5 Å². The summed E-state index contributed by atoms with van der Waals surface area (Å²) in [4.78, 5) is 24.8. The van der Waals surface area contributed by atoms with E-state index in [-0.39, 0.29) is 11.6 Å². The molecule has 1 unspecified atom stereocenters. The number of benzene rings is 2. The maximum atomic E-state index is 11.8. The summed E-state index contributed by atoms with van der Waals surface area (Å²) in [6.07, 6.45) is 3.16. The fraction of sp³-hybridized carbons (Fsp3) is 0.483. The molecule has 1 atom stereocenters. The van der Waals surface area contributed by atoms with Gasteiger partial charge >= 0.3 is 0 Å². The van der Waals surface area contributed by atoms with Crippen LogP contribution in [0.25, 0.3) is 0 Å². The minimum absolute atomic E-state index is 0.0971. The van der Waals surface area contributed by atoms with Crippen molar-refractivity contribution < 1.29 is 23.8 Å². The van der Waals surface area contributed by atoms with Gasteiger partial charge in [-0.15, -0.1) is 0 Å². The number of hydrogen-bond donors (Lipinski definition) is 2. The van der Waals surface area contributed by atoms with Crippen LogP contribution in [0.15, 0.2) is 41.5 Å². The predicted molar refractivity (Wildman–Crippen MR) is 153 cm³/mol. The molecule has 0 spiro atoms. The number of hydrogen-bond acceptors (Lipinski definition) is 9. The van der Waals surface area contributed by atoms with Gasteiger partial charge in [-0.25, -0.2) is 5.01 Å². The molecule has 10 nitrogen and oxygen atoms in total. The maximum absolute atomic E-state index is 11.8. The van der Waals surface area contributed by atoms with Crippen molar-refractivity contribution in [2.45, 2.75) is 37.8 Å². The lowest BCUT2D eigenvalue weighted by atomic mass is 9.88. The summed E-state index contributed by atoms with van der Waals surface area (Å²) in [5, 5.41) is 12.3. The van der Waals surface area contributed by atoms with Crippen molar-refractivity contribution in [1.29, 1.82) is 0 Å². The molecule has 1 fully saturated rings. The highest BCUT2D eigenvalue weighted by atomic mass is 16.5. The first-order valence-corrected chi connectivity index (χ1v) is 13.1. The van der Waals surface area contributed by atoms with Crippen LogP contribution in [0.5, 0.6) is 11.5 Å². The molecule has 0 aromatic heterocycles. The van der Waals surface area contributed by atoms with Crippen LogP contribution in [0, 0.1) is 0 Å². The second-order valence-electron chi connectivity index (χ2n) is 9.82. The van der Waals surface area contributed by atoms with Crippen LogP contribution >= 0.6 is 0 Å². The molecule has 39 heavy (non-hydrogen) atoms. The van der Waals surface area contributed by atoms with Crippen LogP contribution in [-0.2, 0) is 20.7 Å². The summed E-state index contributed by atoms with van der Waals surface area (Å²) < 4.78 is 16.1. The van der Waals surface area contributed by atoms with Crippen molar-refractivity contribution in [2.24, 2.45) is 5.10 Å². The van der Waals surface area contributed by atoms with Gasteiger partial charge in [0, 0.05) is 29.9 Å². The highest BCUT2D eigenvalue weighted by molar-refractivity contribution is 6.14. The third-order valence-electron chi connectivity index (χ3n) is 7.34. The lowest BCUT2D eigenvalue weighted by Gasteiger charge is -2.42. The predicted octanol–water partition coefficient (Wildman–Crippen LogP) is 2.43. The van der Waals surface area contributed by atoms with Gasteiger partial charge in [-0.3, -0.25) is 9.59 Å². The first-order chi connectivity index (χ1) is 18.9. The van der Waals surface area contributed by atoms with Gasteiger partial charge in [0.05, 0.1) is 31.5 Å². The number of methoxy groups -OCH3 is 2. The van der Waals surface area contributed by atoms with Crippen molar-refractivity contribution in [3.05, 3.63) is 53.1 Å². The van der Waals surface area contributed by atoms with Crippen LogP contribution < -0.4 is 25.0 Å². The van der Waals surface area contributed by atoms with E-state index in [4.69, 9.17) is 19.3 Å². The zero-order valence-corrected chi connectivity index (χ0v) is 23.8. The van der Waals surface area contributed by atoms with Crippen molar-refractivity contribution in [3.8, 4) is 11.5 Å². The molecule has 4 rings (SSSR count). The SMILES string of the molecule is CNC.CNC1(COC=O)CCN(c2ccc(C3=NN(C=O)C(C)Cc4cc(OC)c(OC)cc43)cc2)CC1. The number of hydrazone groups is 1. The van der Waals surface area contributed by atoms with E-state index in [1.807, 2.05) is 52.3 Å². The molecule has 2 aromatic carbocycles. The minimum atomic E-state index is -0.189. The lowest BCUT2D eigenvalue weighted by Crippen LogP contribution is -2.55. The molecular formula is C29H41N5O5. The van der Waals surface area contributed by atoms with E-state index in [0.29, 0.717) is 36.7 Å². The molecule has 0 radical (unpaired) electrons. The third kappa shape index (κ3) is 6.88. The topological polar surface area (TPSA) is 105 Å². The average Bonchev–Trinajstić information content (AvgIpc) is 3.11. The Hall–Kier alpha value is -3.63. The van der Waals surface area contributed by atoms with Gasteiger partial charge in [0.25, 0.3) is 6.47 Å². The molecule has 0 saturated carbocycles. The molecule has 10 heteroatoms. The number of fused-ring (bicyclic) bond motifs is 1. The molecule has 0 aliphatic carbocycles. The van der Waals surface area contributed by atoms with E-state index in [1.54, 1.807) is 14.2 Å². The lowest BCUT2D eigenvalue weighted by molar-refractivity contribution is -0.131. The zero-order chi connectivity index (χ0) is 28.4. The van der Waals surface area contributed by atoms with Crippen molar-refractivity contribution >= 4 is 24.3 Å². The summed E-state index contributed by atoms with van der Waals surface area (Å²) in [5.41, 5.74) is 4.52. The Balaban J connectivity index is 0.00000134. The molecule has 2 aliphatic rings. The summed E-state index contributed by atoms with van der Waals surface area (Å²) in [7, 11) is 8.89. The van der Waals surface area contributed by atoms with Crippen molar-refractivity contribution in [2.75, 3.05) is 60.0 Å². The Kier molecular flexibility index (Phi) is 10.7. The molecule has 2 heterocycles. The van der Waals surface area contributed by atoms with E-state index in [0.717, 1.165) is 54.7 Å². The summed E-state index contributed by atoms with van der Waals surface area (Å²) in [6, 6.07) is 12.1. The summed E-state index contributed by atoms with van der Waals surface area (Å²) >= 11 is 0. The molecule has 0 bridgehead atoms. The third-order valence-corrected chi connectivity index (χ3v) is 7.34. The molecule has 1 saturated heterocycles. The number of nitrogens with zero attached hydrogens (tertiary/aromatic N) is 3. The Bertz CT molecular complexity index is 1130. The average molecular weight is 540 g/mol. The van der Waals surface area contributed by atoms with E-state index < -0.39 is 0 Å². The smallest absolute Gasteiger partial charge is 0.293 e. The number of carbonyl (C=O) groups is 2. The Morgan fingerprint density at radius 1 is 1.03 bits per heavy atom. The number of amides is 1. The van der Waals surface area contributed by atoms with E-state index >= 15 is 0 Å².